The SMILES string of the molecule is CC1(O)CCN(C2CC(N)c3ccccc32)C1. The molecule has 0 radical (unpaired) electrons. The first-order chi connectivity index (χ1) is 8.07. The minimum Gasteiger partial charge on any atom is -0.389 e. The maximum absolute atomic E-state index is 10.1. The summed E-state index contributed by atoms with van der Waals surface area (Å²) < 4.78 is 0. The molecule has 3 atom stereocenters. The van der Waals surface area contributed by atoms with E-state index in [2.05, 4.69) is 29.2 Å². The van der Waals surface area contributed by atoms with Crippen molar-refractivity contribution < 1.29 is 5.11 Å². The molecule has 3 unspecified atom stereocenters. The van der Waals surface area contributed by atoms with Gasteiger partial charge in [0.25, 0.3) is 0 Å². The molecule has 1 aliphatic heterocycles. The summed E-state index contributed by atoms with van der Waals surface area (Å²) in [6.07, 6.45) is 1.84. The monoisotopic (exact) mass is 232 g/mol. The van der Waals surface area contributed by atoms with Crippen molar-refractivity contribution in [3.05, 3.63) is 35.4 Å². The topological polar surface area (TPSA) is 49.5 Å². The van der Waals surface area contributed by atoms with Crippen LogP contribution in [0.1, 0.15) is 43.0 Å². The summed E-state index contributed by atoms with van der Waals surface area (Å²) >= 11 is 0. The van der Waals surface area contributed by atoms with Gasteiger partial charge in [0.2, 0.25) is 0 Å². The molecule has 0 spiro atoms. The van der Waals surface area contributed by atoms with Crippen molar-refractivity contribution in [2.24, 2.45) is 5.73 Å². The molecule has 92 valence electrons. The Morgan fingerprint density at radius 1 is 1.35 bits per heavy atom. The minimum absolute atomic E-state index is 0.154. The molecule has 17 heavy (non-hydrogen) atoms. The first-order valence-corrected chi connectivity index (χ1v) is 6.38. The molecule has 1 aromatic rings. The lowest BCUT2D eigenvalue weighted by Gasteiger charge is -2.26. The van der Waals surface area contributed by atoms with Gasteiger partial charge in [0.15, 0.2) is 0 Å². The predicted molar refractivity (Wildman–Crippen MR) is 67.5 cm³/mol. The Bertz CT molecular complexity index is 430. The number of benzene rings is 1. The van der Waals surface area contributed by atoms with Crippen LogP contribution >= 0.6 is 0 Å². The second kappa shape index (κ2) is 3.80. The van der Waals surface area contributed by atoms with Gasteiger partial charge in [-0.3, -0.25) is 4.90 Å². The van der Waals surface area contributed by atoms with Gasteiger partial charge in [-0.2, -0.15) is 0 Å². The number of aliphatic hydroxyl groups is 1. The summed E-state index contributed by atoms with van der Waals surface area (Å²) in [5.41, 5.74) is 8.30. The van der Waals surface area contributed by atoms with E-state index in [1.165, 1.54) is 11.1 Å². The molecule has 0 amide bonds. The van der Waals surface area contributed by atoms with Gasteiger partial charge < -0.3 is 10.8 Å². The normalized spacial score (nSPS) is 37.4. The average molecular weight is 232 g/mol. The number of hydrogen-bond acceptors (Lipinski definition) is 3. The van der Waals surface area contributed by atoms with Crippen LogP contribution in [0.2, 0.25) is 0 Å². The minimum atomic E-state index is -0.526. The van der Waals surface area contributed by atoms with E-state index in [1.807, 2.05) is 6.92 Å². The van der Waals surface area contributed by atoms with Crippen LogP contribution in [0.5, 0.6) is 0 Å². The molecule has 1 fully saturated rings. The van der Waals surface area contributed by atoms with E-state index < -0.39 is 5.60 Å². The van der Waals surface area contributed by atoms with E-state index in [0.717, 1.165) is 25.9 Å². The number of hydrogen-bond donors (Lipinski definition) is 2. The zero-order valence-electron chi connectivity index (χ0n) is 10.3. The van der Waals surface area contributed by atoms with Crippen molar-refractivity contribution in [1.82, 2.24) is 4.90 Å². The Morgan fingerprint density at radius 3 is 2.71 bits per heavy atom. The molecule has 3 heteroatoms. The Kier molecular flexibility index (Phi) is 2.51. The van der Waals surface area contributed by atoms with Gasteiger partial charge in [-0.25, -0.2) is 0 Å². The third-order valence-electron chi connectivity index (χ3n) is 4.15. The fraction of sp³-hybridized carbons (Fsp3) is 0.571. The van der Waals surface area contributed by atoms with Gasteiger partial charge in [0, 0.05) is 25.2 Å². The lowest BCUT2D eigenvalue weighted by molar-refractivity contribution is 0.0617. The zero-order chi connectivity index (χ0) is 12.0. The summed E-state index contributed by atoms with van der Waals surface area (Å²) in [5.74, 6) is 0. The van der Waals surface area contributed by atoms with E-state index >= 15 is 0 Å². The molecule has 3 N–H and O–H groups in total. The van der Waals surface area contributed by atoms with Crippen molar-refractivity contribution in [1.29, 1.82) is 0 Å². The highest BCUT2D eigenvalue weighted by atomic mass is 16.3. The maximum Gasteiger partial charge on any atom is 0.0758 e. The summed E-state index contributed by atoms with van der Waals surface area (Å²) in [4.78, 5) is 2.38. The fourth-order valence-corrected chi connectivity index (χ4v) is 3.24. The Labute approximate surface area is 102 Å². The number of nitrogens with zero attached hydrogens (tertiary/aromatic N) is 1. The first kappa shape index (κ1) is 11.2. The Hall–Kier alpha value is -0.900. The number of fused-ring (bicyclic) bond motifs is 1. The molecule has 0 saturated carbocycles. The van der Waals surface area contributed by atoms with E-state index in [1.54, 1.807) is 0 Å². The molecular weight excluding hydrogens is 212 g/mol. The summed E-state index contributed by atoms with van der Waals surface area (Å²) in [6, 6.07) is 9.00. The fourth-order valence-electron chi connectivity index (χ4n) is 3.24. The average Bonchev–Trinajstić information content (AvgIpc) is 2.81. The number of β-amino-alcohol motifs (C(OH)–C–C–N with tert-alkyl or cyclic N) is 1. The Balaban J connectivity index is 1.87. The van der Waals surface area contributed by atoms with Crippen LogP contribution in [0.15, 0.2) is 24.3 Å². The molecule has 1 saturated heterocycles. The molecule has 0 bridgehead atoms. The van der Waals surface area contributed by atoms with Crippen LogP contribution in [0.3, 0.4) is 0 Å². The van der Waals surface area contributed by atoms with E-state index in [0.29, 0.717) is 6.04 Å². The van der Waals surface area contributed by atoms with Gasteiger partial charge in [0.05, 0.1) is 5.60 Å². The van der Waals surface area contributed by atoms with Crippen LogP contribution in [-0.2, 0) is 0 Å². The third kappa shape index (κ3) is 1.88. The van der Waals surface area contributed by atoms with Crippen molar-refractivity contribution in [2.45, 2.75) is 37.5 Å². The molecule has 2 aliphatic rings. The van der Waals surface area contributed by atoms with Crippen LogP contribution < -0.4 is 5.73 Å². The predicted octanol–water partition coefficient (Wildman–Crippen LogP) is 1.59. The van der Waals surface area contributed by atoms with E-state index in [-0.39, 0.29) is 6.04 Å². The number of likely N-dealkylation sites (tertiary alicyclic amines) is 1. The van der Waals surface area contributed by atoms with Crippen molar-refractivity contribution in [3.63, 3.8) is 0 Å². The maximum atomic E-state index is 10.1. The Morgan fingerprint density at radius 2 is 2.06 bits per heavy atom. The van der Waals surface area contributed by atoms with Crippen molar-refractivity contribution in [2.75, 3.05) is 13.1 Å². The van der Waals surface area contributed by atoms with Crippen LogP contribution in [0, 0.1) is 0 Å². The largest absolute Gasteiger partial charge is 0.389 e. The lowest BCUT2D eigenvalue weighted by Crippen LogP contribution is -2.31. The summed E-state index contributed by atoms with van der Waals surface area (Å²) in [7, 11) is 0. The van der Waals surface area contributed by atoms with Crippen LogP contribution in [0.25, 0.3) is 0 Å². The van der Waals surface area contributed by atoms with Crippen LogP contribution in [0.4, 0.5) is 0 Å². The molecular formula is C14H20N2O. The second-order valence-electron chi connectivity index (χ2n) is 5.70. The number of rotatable bonds is 1. The third-order valence-corrected chi connectivity index (χ3v) is 4.15. The molecule has 1 aromatic carbocycles. The van der Waals surface area contributed by atoms with Gasteiger partial charge >= 0.3 is 0 Å². The van der Waals surface area contributed by atoms with Gasteiger partial charge in [-0.15, -0.1) is 0 Å². The van der Waals surface area contributed by atoms with Gasteiger partial charge in [0.1, 0.15) is 0 Å². The van der Waals surface area contributed by atoms with E-state index in [9.17, 15) is 5.11 Å². The molecule has 0 aromatic heterocycles. The standard InChI is InChI=1S/C14H20N2O/c1-14(17)6-7-16(9-14)13-8-12(15)10-4-2-3-5-11(10)13/h2-5,12-13,17H,6-9,15H2,1H3. The van der Waals surface area contributed by atoms with E-state index in [4.69, 9.17) is 5.73 Å². The second-order valence-corrected chi connectivity index (χ2v) is 5.70. The zero-order valence-corrected chi connectivity index (χ0v) is 10.3. The van der Waals surface area contributed by atoms with Gasteiger partial charge in [-0.05, 0) is 30.9 Å². The van der Waals surface area contributed by atoms with Crippen molar-refractivity contribution >= 4 is 0 Å². The molecule has 1 heterocycles. The molecule has 3 rings (SSSR count). The number of nitrogens with two attached hydrogens (primary N) is 1. The van der Waals surface area contributed by atoms with Gasteiger partial charge in [-0.1, -0.05) is 24.3 Å². The highest BCUT2D eigenvalue weighted by molar-refractivity contribution is 5.37. The first-order valence-electron chi connectivity index (χ1n) is 6.38. The summed E-state index contributed by atoms with van der Waals surface area (Å²) in [6.45, 7) is 3.66. The molecule has 3 nitrogen and oxygen atoms in total. The molecule has 1 aliphatic carbocycles. The highest BCUT2D eigenvalue weighted by Gasteiger charge is 2.39. The highest BCUT2D eigenvalue weighted by Crippen LogP contribution is 2.43. The van der Waals surface area contributed by atoms with Crippen molar-refractivity contribution in [3.8, 4) is 0 Å². The quantitative estimate of drug-likeness (QED) is 0.773. The van der Waals surface area contributed by atoms with Crippen LogP contribution in [-0.4, -0.2) is 28.7 Å². The lowest BCUT2D eigenvalue weighted by atomic mass is 10.1. The smallest absolute Gasteiger partial charge is 0.0758 e. The summed E-state index contributed by atoms with van der Waals surface area (Å²) in [5, 5.41) is 10.1.